The number of carbonyl (C=O) groups is 1. The van der Waals surface area contributed by atoms with E-state index in [1.165, 1.54) is 19.3 Å². The molecular formula is C29H41ClN4O3. The minimum Gasteiger partial charge on any atom is -0.390 e. The Morgan fingerprint density at radius 1 is 1.16 bits per heavy atom. The van der Waals surface area contributed by atoms with Gasteiger partial charge in [0.2, 0.25) is 0 Å². The summed E-state index contributed by atoms with van der Waals surface area (Å²) in [6, 6.07) is 1.74. The molecule has 2 aromatic heterocycles. The van der Waals surface area contributed by atoms with E-state index in [0.29, 0.717) is 39.9 Å². The second-order valence-electron chi connectivity index (χ2n) is 13.2. The number of ether oxygens (including phenoxy) is 1. The fourth-order valence-corrected chi connectivity index (χ4v) is 9.91. The smallest absolute Gasteiger partial charge is 0.178 e. The second-order valence-corrected chi connectivity index (χ2v) is 13.6. The Hall–Kier alpha value is -1.57. The maximum atomic E-state index is 13.8. The Morgan fingerprint density at radius 2 is 2.00 bits per heavy atom. The number of pyridine rings is 1. The normalized spacial score (nSPS) is 41.3. The highest BCUT2D eigenvalue weighted by Crippen LogP contribution is 2.69. The molecule has 6 rings (SSSR count). The van der Waals surface area contributed by atoms with Gasteiger partial charge in [0, 0.05) is 25.8 Å². The number of carbonyl (C=O) groups excluding carboxylic acids is 1. The number of ketones is 1. The van der Waals surface area contributed by atoms with E-state index in [9.17, 15) is 9.90 Å². The lowest BCUT2D eigenvalue weighted by Gasteiger charge is -2.63. The first-order valence-corrected chi connectivity index (χ1v) is 14.6. The zero-order valence-corrected chi connectivity index (χ0v) is 23.2. The van der Waals surface area contributed by atoms with Crippen molar-refractivity contribution in [2.75, 3.05) is 13.7 Å². The highest BCUT2D eigenvalue weighted by molar-refractivity contribution is 6.31. The Morgan fingerprint density at radius 3 is 2.81 bits per heavy atom. The standard InChI is InChI=1S/C29H41ClN4O3/c1-27(36)10-11-29(12-13-37-3)18(15-27)4-5-20-21-6-7-23(28(21,2)9-8-22(20)29)25(35)17-34-26-24(32-33-34)14-19(30)16-31-26/h14,16,18,20-23,36H,4-13,15,17H2,1-3H3/t18-,20-,21-,22-,23+,27+,28-,29+/m0/s1. The van der Waals surface area contributed by atoms with Crippen molar-refractivity contribution in [1.82, 2.24) is 20.0 Å². The first-order chi connectivity index (χ1) is 17.7. The summed E-state index contributed by atoms with van der Waals surface area (Å²) in [6.07, 6.45) is 12.5. The topological polar surface area (TPSA) is 90.1 Å². The molecule has 2 aromatic rings. The van der Waals surface area contributed by atoms with E-state index in [1.807, 2.05) is 14.0 Å². The molecule has 4 saturated carbocycles. The lowest BCUT2D eigenvalue weighted by atomic mass is 9.42. The van der Waals surface area contributed by atoms with Gasteiger partial charge in [-0.15, -0.1) is 5.10 Å². The Labute approximate surface area is 224 Å². The molecule has 202 valence electrons. The molecule has 0 spiro atoms. The second kappa shape index (κ2) is 9.27. The van der Waals surface area contributed by atoms with Gasteiger partial charge in [0.25, 0.3) is 0 Å². The molecule has 0 saturated heterocycles. The highest BCUT2D eigenvalue weighted by Gasteiger charge is 2.62. The van der Waals surface area contributed by atoms with Crippen molar-refractivity contribution in [2.24, 2.45) is 40.4 Å². The lowest BCUT2D eigenvalue weighted by molar-refractivity contribution is -0.163. The molecule has 1 N–H and O–H groups in total. The first-order valence-electron chi connectivity index (χ1n) is 14.3. The van der Waals surface area contributed by atoms with Gasteiger partial charge in [-0.1, -0.05) is 23.7 Å². The zero-order chi connectivity index (χ0) is 26.0. The van der Waals surface area contributed by atoms with Crippen LogP contribution in [0.1, 0.15) is 78.1 Å². The molecule has 4 aliphatic rings. The van der Waals surface area contributed by atoms with Crippen molar-refractivity contribution in [3.63, 3.8) is 0 Å². The van der Waals surface area contributed by atoms with Crippen LogP contribution in [0.3, 0.4) is 0 Å². The zero-order valence-electron chi connectivity index (χ0n) is 22.5. The molecule has 8 heteroatoms. The molecule has 4 aliphatic carbocycles. The molecule has 37 heavy (non-hydrogen) atoms. The number of halogens is 1. The molecule has 8 atom stereocenters. The summed E-state index contributed by atoms with van der Waals surface area (Å²) in [5.41, 5.74) is 1.03. The van der Waals surface area contributed by atoms with Crippen molar-refractivity contribution in [3.8, 4) is 0 Å². The average molecular weight is 529 g/mol. The summed E-state index contributed by atoms with van der Waals surface area (Å²) < 4.78 is 7.28. The molecule has 2 heterocycles. The fourth-order valence-electron chi connectivity index (χ4n) is 9.76. The van der Waals surface area contributed by atoms with E-state index in [2.05, 4.69) is 22.2 Å². The minimum atomic E-state index is -0.534. The van der Waals surface area contributed by atoms with E-state index in [4.69, 9.17) is 16.3 Å². The predicted molar refractivity (Wildman–Crippen MR) is 142 cm³/mol. The molecular weight excluding hydrogens is 488 g/mol. The van der Waals surface area contributed by atoms with Crippen LogP contribution >= 0.6 is 11.6 Å². The number of hydrogen-bond donors (Lipinski definition) is 1. The summed E-state index contributed by atoms with van der Waals surface area (Å²) >= 11 is 6.06. The lowest BCUT2D eigenvalue weighted by Crippen LogP contribution is -2.57. The maximum Gasteiger partial charge on any atom is 0.178 e. The Bertz CT molecular complexity index is 1180. The van der Waals surface area contributed by atoms with Crippen LogP contribution in [-0.2, 0) is 16.1 Å². The van der Waals surface area contributed by atoms with Gasteiger partial charge >= 0.3 is 0 Å². The number of aliphatic hydroxyl groups is 1. The first kappa shape index (κ1) is 25.7. The predicted octanol–water partition coefficient (Wildman–Crippen LogP) is 5.48. The average Bonchev–Trinajstić information content (AvgIpc) is 3.42. The summed E-state index contributed by atoms with van der Waals surface area (Å²) in [4.78, 5) is 18.1. The third kappa shape index (κ3) is 4.15. The van der Waals surface area contributed by atoms with Crippen molar-refractivity contribution in [2.45, 2.75) is 90.2 Å². The molecule has 0 amide bonds. The van der Waals surface area contributed by atoms with Gasteiger partial charge < -0.3 is 9.84 Å². The van der Waals surface area contributed by atoms with Gasteiger partial charge in [0.15, 0.2) is 11.4 Å². The van der Waals surface area contributed by atoms with Crippen LogP contribution in [0.5, 0.6) is 0 Å². The van der Waals surface area contributed by atoms with Gasteiger partial charge in [-0.25, -0.2) is 9.67 Å². The molecule has 0 radical (unpaired) electrons. The van der Waals surface area contributed by atoms with E-state index in [0.717, 1.165) is 51.6 Å². The molecule has 0 unspecified atom stereocenters. The van der Waals surface area contributed by atoms with Gasteiger partial charge in [-0.2, -0.15) is 0 Å². The van der Waals surface area contributed by atoms with E-state index >= 15 is 0 Å². The number of nitrogens with zero attached hydrogens (tertiary/aromatic N) is 4. The van der Waals surface area contributed by atoms with Crippen molar-refractivity contribution < 1.29 is 14.6 Å². The van der Waals surface area contributed by atoms with E-state index in [1.54, 1.807) is 16.9 Å². The van der Waals surface area contributed by atoms with E-state index in [-0.39, 0.29) is 29.1 Å². The Balaban J connectivity index is 1.23. The van der Waals surface area contributed by atoms with Gasteiger partial charge in [0.1, 0.15) is 12.1 Å². The van der Waals surface area contributed by atoms with Crippen molar-refractivity contribution in [1.29, 1.82) is 0 Å². The summed E-state index contributed by atoms with van der Waals surface area (Å²) in [5.74, 6) is 2.85. The van der Waals surface area contributed by atoms with Crippen molar-refractivity contribution in [3.05, 3.63) is 17.3 Å². The van der Waals surface area contributed by atoms with Crippen LogP contribution in [0.4, 0.5) is 0 Å². The quantitative estimate of drug-likeness (QED) is 0.534. The SMILES string of the molecule is COCC[C@]12CC[C@@](C)(O)C[C@@H]1CC[C@H]1[C@@H]3CC[C@H](C(=O)Cn4nnc5cc(Cl)cnc54)[C@@]3(C)CC[C@@H]12. The van der Waals surface area contributed by atoms with Crippen LogP contribution in [-0.4, -0.2) is 50.2 Å². The third-order valence-corrected chi connectivity index (χ3v) is 11.6. The molecule has 0 aromatic carbocycles. The number of methoxy groups -OCH3 is 1. The van der Waals surface area contributed by atoms with Gasteiger partial charge in [0.05, 0.1) is 10.6 Å². The molecule has 7 nitrogen and oxygen atoms in total. The van der Waals surface area contributed by atoms with Gasteiger partial charge in [-0.3, -0.25) is 4.79 Å². The van der Waals surface area contributed by atoms with Crippen LogP contribution in [0.15, 0.2) is 12.3 Å². The molecule has 0 aliphatic heterocycles. The van der Waals surface area contributed by atoms with Crippen LogP contribution in [0.2, 0.25) is 5.02 Å². The largest absolute Gasteiger partial charge is 0.390 e. The third-order valence-electron chi connectivity index (χ3n) is 11.4. The highest BCUT2D eigenvalue weighted by atomic mass is 35.5. The summed E-state index contributed by atoms with van der Waals surface area (Å²) in [5, 5.41) is 19.9. The molecule has 4 fully saturated rings. The Kier molecular flexibility index (Phi) is 6.44. The summed E-state index contributed by atoms with van der Waals surface area (Å²) in [6.45, 7) is 5.46. The maximum absolute atomic E-state index is 13.8. The van der Waals surface area contributed by atoms with E-state index < -0.39 is 5.60 Å². The number of rotatable bonds is 6. The van der Waals surface area contributed by atoms with Crippen LogP contribution in [0, 0.1) is 40.4 Å². The fraction of sp³-hybridized carbons (Fsp3) is 0.793. The van der Waals surface area contributed by atoms with Crippen LogP contribution < -0.4 is 0 Å². The number of aromatic nitrogens is 4. The molecule has 0 bridgehead atoms. The minimum absolute atomic E-state index is 0.0425. The monoisotopic (exact) mass is 528 g/mol. The van der Waals surface area contributed by atoms with Gasteiger partial charge in [-0.05, 0) is 112 Å². The number of fused-ring (bicyclic) bond motifs is 6. The number of hydrogen-bond acceptors (Lipinski definition) is 6. The van der Waals surface area contributed by atoms with Crippen LogP contribution in [0.25, 0.3) is 11.2 Å². The summed E-state index contributed by atoms with van der Waals surface area (Å²) in [7, 11) is 1.82. The van der Waals surface area contributed by atoms with Crippen molar-refractivity contribution >= 4 is 28.5 Å². The number of Topliss-reactive ketones (excluding diaryl/α,β-unsaturated/α-hetero) is 1.